The van der Waals surface area contributed by atoms with Gasteiger partial charge in [0.2, 0.25) is 5.91 Å². The number of para-hydroxylation sites is 1. The van der Waals surface area contributed by atoms with E-state index in [1.54, 1.807) is 43.5 Å². The monoisotopic (exact) mass is 381 g/mol. The van der Waals surface area contributed by atoms with Crippen molar-refractivity contribution in [3.05, 3.63) is 60.2 Å². The lowest BCUT2D eigenvalue weighted by atomic mass is 10.1. The number of hydrogen-bond donors (Lipinski definition) is 1. The molecule has 0 bridgehead atoms. The summed E-state index contributed by atoms with van der Waals surface area (Å²) in [6.45, 7) is 2.50. The van der Waals surface area contributed by atoms with Crippen molar-refractivity contribution < 1.29 is 19.1 Å². The van der Waals surface area contributed by atoms with Gasteiger partial charge in [-0.05, 0) is 36.8 Å². The molecule has 146 valence electrons. The van der Waals surface area contributed by atoms with Gasteiger partial charge in [0.25, 0.3) is 5.91 Å². The number of methoxy groups -OCH3 is 1. The molecule has 3 rings (SSSR count). The molecule has 1 aliphatic heterocycles. The number of anilines is 1. The molecule has 4 amide bonds. The zero-order valence-corrected chi connectivity index (χ0v) is 15.9. The van der Waals surface area contributed by atoms with Gasteiger partial charge in [0.05, 0.1) is 19.2 Å². The van der Waals surface area contributed by atoms with Crippen LogP contribution in [0.1, 0.15) is 18.9 Å². The molecule has 1 heterocycles. The molecule has 0 aliphatic carbocycles. The van der Waals surface area contributed by atoms with Crippen LogP contribution in [0, 0.1) is 0 Å². The van der Waals surface area contributed by atoms with Gasteiger partial charge < -0.3 is 15.0 Å². The molecular weight excluding hydrogens is 358 g/mol. The highest BCUT2D eigenvalue weighted by molar-refractivity contribution is 6.22. The second-order valence-electron chi connectivity index (χ2n) is 6.44. The van der Waals surface area contributed by atoms with Crippen molar-refractivity contribution in [2.45, 2.75) is 25.9 Å². The predicted octanol–water partition coefficient (Wildman–Crippen LogP) is 2.56. The van der Waals surface area contributed by atoms with Gasteiger partial charge in [0.15, 0.2) is 0 Å². The Morgan fingerprint density at radius 1 is 1.07 bits per heavy atom. The standard InChI is InChI=1S/C21H23N3O4/c1-3-22-19(25)13-18-20(26)24(16-7-5-4-6-8-16)21(27)23(18)14-15-9-11-17(28-2)12-10-15/h4-12,18H,3,13-14H2,1-2H3,(H,22,25). The summed E-state index contributed by atoms with van der Waals surface area (Å²) in [7, 11) is 1.58. The quantitative estimate of drug-likeness (QED) is 0.748. The van der Waals surface area contributed by atoms with Crippen LogP contribution in [0.5, 0.6) is 5.75 Å². The van der Waals surface area contributed by atoms with Crippen LogP contribution in [-0.4, -0.2) is 42.4 Å². The molecule has 2 aromatic carbocycles. The van der Waals surface area contributed by atoms with Crippen LogP contribution in [0.25, 0.3) is 0 Å². The largest absolute Gasteiger partial charge is 0.497 e. The fourth-order valence-electron chi connectivity index (χ4n) is 3.20. The summed E-state index contributed by atoms with van der Waals surface area (Å²) < 4.78 is 5.16. The minimum absolute atomic E-state index is 0.0715. The summed E-state index contributed by atoms with van der Waals surface area (Å²) in [5.41, 5.74) is 1.34. The first-order valence-corrected chi connectivity index (χ1v) is 9.14. The molecule has 0 radical (unpaired) electrons. The van der Waals surface area contributed by atoms with E-state index in [0.717, 1.165) is 10.5 Å². The fraction of sp³-hybridized carbons (Fsp3) is 0.286. The van der Waals surface area contributed by atoms with Gasteiger partial charge in [-0.15, -0.1) is 0 Å². The van der Waals surface area contributed by atoms with E-state index in [2.05, 4.69) is 5.32 Å². The van der Waals surface area contributed by atoms with Crippen molar-refractivity contribution in [2.75, 3.05) is 18.6 Å². The highest BCUT2D eigenvalue weighted by Crippen LogP contribution is 2.28. The number of amides is 4. The molecule has 0 saturated carbocycles. The minimum atomic E-state index is -0.846. The zero-order valence-electron chi connectivity index (χ0n) is 15.9. The number of carbonyl (C=O) groups is 3. The average Bonchev–Trinajstić information content (AvgIpc) is 2.93. The molecule has 1 atom stereocenters. The second-order valence-corrected chi connectivity index (χ2v) is 6.44. The summed E-state index contributed by atoms with van der Waals surface area (Å²) in [5, 5.41) is 2.70. The molecule has 28 heavy (non-hydrogen) atoms. The van der Waals surface area contributed by atoms with E-state index < -0.39 is 18.0 Å². The molecule has 0 aromatic heterocycles. The van der Waals surface area contributed by atoms with Gasteiger partial charge in [0.1, 0.15) is 11.8 Å². The Morgan fingerprint density at radius 3 is 2.36 bits per heavy atom. The molecule has 7 nitrogen and oxygen atoms in total. The van der Waals surface area contributed by atoms with Crippen molar-refractivity contribution in [1.82, 2.24) is 10.2 Å². The van der Waals surface area contributed by atoms with Gasteiger partial charge >= 0.3 is 6.03 Å². The maximum atomic E-state index is 13.1. The number of urea groups is 1. The summed E-state index contributed by atoms with van der Waals surface area (Å²) in [6.07, 6.45) is -0.0715. The van der Waals surface area contributed by atoms with Crippen LogP contribution >= 0.6 is 0 Å². The lowest BCUT2D eigenvalue weighted by Crippen LogP contribution is -2.39. The lowest BCUT2D eigenvalue weighted by molar-refractivity contribution is -0.127. The Balaban J connectivity index is 1.89. The third-order valence-electron chi connectivity index (χ3n) is 4.60. The topological polar surface area (TPSA) is 79.0 Å². The van der Waals surface area contributed by atoms with Gasteiger partial charge in [-0.3, -0.25) is 9.59 Å². The normalized spacial score (nSPS) is 16.4. The number of carbonyl (C=O) groups excluding carboxylic acids is 3. The van der Waals surface area contributed by atoms with Gasteiger partial charge in [0, 0.05) is 13.1 Å². The molecule has 1 N–H and O–H groups in total. The first-order chi connectivity index (χ1) is 13.5. The van der Waals surface area contributed by atoms with E-state index in [0.29, 0.717) is 18.0 Å². The van der Waals surface area contributed by atoms with E-state index in [-0.39, 0.29) is 18.9 Å². The number of ether oxygens (including phenoxy) is 1. The minimum Gasteiger partial charge on any atom is -0.497 e. The smallest absolute Gasteiger partial charge is 0.332 e. The summed E-state index contributed by atoms with van der Waals surface area (Å²) >= 11 is 0. The Kier molecular flexibility index (Phi) is 5.93. The average molecular weight is 381 g/mol. The number of nitrogens with zero attached hydrogens (tertiary/aromatic N) is 2. The van der Waals surface area contributed by atoms with E-state index in [4.69, 9.17) is 4.74 Å². The van der Waals surface area contributed by atoms with Crippen LogP contribution in [-0.2, 0) is 16.1 Å². The van der Waals surface area contributed by atoms with Gasteiger partial charge in [-0.1, -0.05) is 30.3 Å². The summed E-state index contributed by atoms with van der Waals surface area (Å²) in [4.78, 5) is 40.8. The van der Waals surface area contributed by atoms with E-state index >= 15 is 0 Å². The molecular formula is C21H23N3O4. The number of rotatable bonds is 7. The van der Waals surface area contributed by atoms with E-state index in [1.165, 1.54) is 4.90 Å². The van der Waals surface area contributed by atoms with Crippen LogP contribution in [0.3, 0.4) is 0 Å². The molecule has 7 heteroatoms. The Labute approximate surface area is 163 Å². The van der Waals surface area contributed by atoms with Crippen molar-refractivity contribution in [1.29, 1.82) is 0 Å². The Hall–Kier alpha value is -3.35. The molecule has 1 unspecified atom stereocenters. The first kappa shape index (κ1) is 19.4. The lowest BCUT2D eigenvalue weighted by Gasteiger charge is -2.21. The summed E-state index contributed by atoms with van der Waals surface area (Å²) in [5.74, 6) is 0.0524. The number of imide groups is 1. The second kappa shape index (κ2) is 8.56. The van der Waals surface area contributed by atoms with Crippen molar-refractivity contribution in [3.8, 4) is 5.75 Å². The maximum Gasteiger partial charge on any atom is 0.332 e. The van der Waals surface area contributed by atoms with E-state index in [1.807, 2.05) is 25.1 Å². The van der Waals surface area contributed by atoms with Crippen LogP contribution in [0.15, 0.2) is 54.6 Å². The van der Waals surface area contributed by atoms with E-state index in [9.17, 15) is 14.4 Å². The first-order valence-electron chi connectivity index (χ1n) is 9.14. The fourth-order valence-corrected chi connectivity index (χ4v) is 3.20. The molecule has 0 spiro atoms. The SMILES string of the molecule is CCNC(=O)CC1C(=O)N(c2ccccc2)C(=O)N1Cc1ccc(OC)cc1. The van der Waals surface area contributed by atoms with Crippen molar-refractivity contribution in [2.24, 2.45) is 0 Å². The highest BCUT2D eigenvalue weighted by Gasteiger charge is 2.46. The summed E-state index contributed by atoms with van der Waals surface area (Å²) in [6, 6.07) is 14.7. The van der Waals surface area contributed by atoms with Crippen LogP contribution < -0.4 is 15.0 Å². The molecule has 1 saturated heterocycles. The van der Waals surface area contributed by atoms with Crippen molar-refractivity contribution in [3.63, 3.8) is 0 Å². The number of nitrogens with one attached hydrogen (secondary N) is 1. The Bertz CT molecular complexity index is 852. The number of hydrogen-bond acceptors (Lipinski definition) is 4. The predicted molar refractivity (Wildman–Crippen MR) is 105 cm³/mol. The molecule has 2 aromatic rings. The molecule has 1 aliphatic rings. The van der Waals surface area contributed by atoms with Crippen molar-refractivity contribution >= 4 is 23.5 Å². The highest BCUT2D eigenvalue weighted by atomic mass is 16.5. The zero-order chi connectivity index (χ0) is 20.1. The third-order valence-corrected chi connectivity index (χ3v) is 4.60. The molecule has 1 fully saturated rings. The Morgan fingerprint density at radius 2 is 1.75 bits per heavy atom. The number of benzene rings is 2. The van der Waals surface area contributed by atoms with Gasteiger partial charge in [-0.2, -0.15) is 0 Å². The maximum absolute atomic E-state index is 13.1. The van der Waals surface area contributed by atoms with Crippen LogP contribution in [0.4, 0.5) is 10.5 Å². The third kappa shape index (κ3) is 3.98. The van der Waals surface area contributed by atoms with Crippen LogP contribution in [0.2, 0.25) is 0 Å². The van der Waals surface area contributed by atoms with Gasteiger partial charge in [-0.25, -0.2) is 9.69 Å².